The average Bonchev–Trinajstić information content (AvgIpc) is 2.93. The van der Waals surface area contributed by atoms with Gasteiger partial charge in [0.25, 0.3) is 0 Å². The van der Waals surface area contributed by atoms with Gasteiger partial charge in [-0.2, -0.15) is 0 Å². The number of hydrogen-bond donors (Lipinski definition) is 1. The van der Waals surface area contributed by atoms with Crippen LogP contribution in [0.25, 0.3) is 0 Å². The lowest BCUT2D eigenvalue weighted by Gasteiger charge is -2.32. The number of piperidine rings is 1. The van der Waals surface area contributed by atoms with Gasteiger partial charge in [-0.1, -0.05) is 0 Å². The Labute approximate surface area is 127 Å². The molecule has 3 rings (SSSR count). The highest BCUT2D eigenvalue weighted by molar-refractivity contribution is 7.15. The highest BCUT2D eigenvalue weighted by Gasteiger charge is 2.27. The fourth-order valence-electron chi connectivity index (χ4n) is 2.47. The van der Waals surface area contributed by atoms with Crippen LogP contribution in [0.3, 0.4) is 0 Å². The van der Waals surface area contributed by atoms with Crippen LogP contribution in [0, 0.1) is 12.8 Å². The number of carbonyl (C=O) groups excluding carboxylic acids is 1. The number of nitrogens with one attached hydrogen (secondary N) is 1. The molecule has 1 N–H and O–H groups in total. The molecule has 0 unspecified atom stereocenters. The molecule has 0 saturated carbocycles. The predicted molar refractivity (Wildman–Crippen MR) is 82.4 cm³/mol. The van der Waals surface area contributed by atoms with Crippen molar-refractivity contribution in [1.82, 2.24) is 15.0 Å². The summed E-state index contributed by atoms with van der Waals surface area (Å²) in [5, 5.41) is 3.59. The third-order valence-electron chi connectivity index (χ3n) is 3.52. The predicted octanol–water partition coefficient (Wildman–Crippen LogP) is 2.10. The molecule has 3 heterocycles. The van der Waals surface area contributed by atoms with Crippen LogP contribution >= 0.6 is 11.3 Å². The lowest BCUT2D eigenvalue weighted by molar-refractivity contribution is -0.120. The maximum Gasteiger partial charge on any atom is 0.231 e. The van der Waals surface area contributed by atoms with E-state index in [2.05, 4.69) is 25.2 Å². The van der Waals surface area contributed by atoms with E-state index in [4.69, 9.17) is 0 Å². The molecule has 0 aromatic carbocycles. The Balaban J connectivity index is 1.64. The van der Waals surface area contributed by atoms with E-state index in [0.29, 0.717) is 11.7 Å². The van der Waals surface area contributed by atoms with Crippen LogP contribution in [0.5, 0.6) is 0 Å². The molecule has 6 nitrogen and oxygen atoms in total. The molecule has 1 aliphatic rings. The van der Waals surface area contributed by atoms with Gasteiger partial charge in [0.15, 0.2) is 5.13 Å². The Bertz CT molecular complexity index is 615. The summed E-state index contributed by atoms with van der Waals surface area (Å²) < 4.78 is 0. The lowest BCUT2D eigenvalue weighted by atomic mass is 9.97. The Hall–Kier alpha value is -2.02. The fourth-order valence-corrected chi connectivity index (χ4v) is 3.14. The van der Waals surface area contributed by atoms with Crippen molar-refractivity contribution in [2.24, 2.45) is 5.92 Å². The molecule has 0 spiro atoms. The van der Waals surface area contributed by atoms with Crippen molar-refractivity contribution in [3.63, 3.8) is 0 Å². The number of thiazole rings is 1. The highest BCUT2D eigenvalue weighted by Crippen LogP contribution is 2.23. The molecular formula is C14H17N5OS. The first-order valence-electron chi connectivity index (χ1n) is 6.96. The SMILES string of the molecule is Cc1cnc(NC(=O)[C@H]2CCCN(c3cnccn3)C2)s1. The highest BCUT2D eigenvalue weighted by atomic mass is 32.1. The number of hydrogen-bond acceptors (Lipinski definition) is 6. The van der Waals surface area contributed by atoms with Crippen LogP contribution in [0.2, 0.25) is 0 Å². The van der Waals surface area contributed by atoms with Gasteiger partial charge < -0.3 is 10.2 Å². The molecule has 21 heavy (non-hydrogen) atoms. The molecule has 1 saturated heterocycles. The van der Waals surface area contributed by atoms with E-state index >= 15 is 0 Å². The number of carbonyl (C=O) groups is 1. The quantitative estimate of drug-likeness (QED) is 0.940. The lowest BCUT2D eigenvalue weighted by Crippen LogP contribution is -2.41. The second-order valence-corrected chi connectivity index (χ2v) is 6.35. The molecule has 0 aliphatic carbocycles. The van der Waals surface area contributed by atoms with Crippen molar-refractivity contribution in [3.8, 4) is 0 Å². The Morgan fingerprint density at radius 1 is 1.38 bits per heavy atom. The van der Waals surface area contributed by atoms with E-state index < -0.39 is 0 Å². The molecule has 110 valence electrons. The molecule has 0 radical (unpaired) electrons. The largest absolute Gasteiger partial charge is 0.355 e. The van der Waals surface area contributed by atoms with Crippen LogP contribution in [-0.2, 0) is 4.79 Å². The second-order valence-electron chi connectivity index (χ2n) is 5.11. The minimum absolute atomic E-state index is 0.0371. The summed E-state index contributed by atoms with van der Waals surface area (Å²) in [6.07, 6.45) is 8.72. The van der Waals surface area contributed by atoms with E-state index in [1.807, 2.05) is 6.92 Å². The molecule has 1 aliphatic heterocycles. The van der Waals surface area contributed by atoms with Gasteiger partial charge in [0.1, 0.15) is 5.82 Å². The first-order chi connectivity index (χ1) is 10.2. The molecule has 2 aromatic heterocycles. The number of anilines is 2. The monoisotopic (exact) mass is 303 g/mol. The van der Waals surface area contributed by atoms with Gasteiger partial charge in [0.05, 0.1) is 12.1 Å². The molecule has 1 atom stereocenters. The van der Waals surface area contributed by atoms with Crippen LogP contribution < -0.4 is 10.2 Å². The number of amides is 1. The summed E-state index contributed by atoms with van der Waals surface area (Å²) >= 11 is 1.50. The first kappa shape index (κ1) is 13.9. The van der Waals surface area contributed by atoms with Crippen LogP contribution in [0.1, 0.15) is 17.7 Å². The Morgan fingerprint density at radius 2 is 2.29 bits per heavy atom. The van der Waals surface area contributed by atoms with Crippen molar-refractivity contribution in [3.05, 3.63) is 29.7 Å². The minimum Gasteiger partial charge on any atom is -0.355 e. The number of aromatic nitrogens is 3. The van der Waals surface area contributed by atoms with Crippen molar-refractivity contribution < 1.29 is 4.79 Å². The van der Waals surface area contributed by atoms with Crippen molar-refractivity contribution in [2.45, 2.75) is 19.8 Å². The third-order valence-corrected chi connectivity index (χ3v) is 4.35. The van der Waals surface area contributed by atoms with Crippen LogP contribution in [0.15, 0.2) is 24.8 Å². The van der Waals surface area contributed by atoms with E-state index in [1.165, 1.54) is 11.3 Å². The number of rotatable bonds is 3. The first-order valence-corrected chi connectivity index (χ1v) is 7.78. The van der Waals surface area contributed by atoms with Gasteiger partial charge in [-0.25, -0.2) is 9.97 Å². The summed E-state index contributed by atoms with van der Waals surface area (Å²) in [5.41, 5.74) is 0. The standard InChI is InChI=1S/C14H17N5OS/c1-10-7-17-14(21-10)18-13(20)11-3-2-6-19(9-11)12-8-15-4-5-16-12/h4-5,7-8,11H,2-3,6,9H2,1H3,(H,17,18,20)/t11-/m0/s1. The fraction of sp³-hybridized carbons (Fsp3) is 0.429. The normalized spacial score (nSPS) is 18.5. The summed E-state index contributed by atoms with van der Waals surface area (Å²) in [7, 11) is 0. The van der Waals surface area contributed by atoms with Gasteiger partial charge in [0.2, 0.25) is 5.91 Å². The summed E-state index contributed by atoms with van der Waals surface area (Å²) in [4.78, 5) is 28.1. The van der Waals surface area contributed by atoms with E-state index in [1.54, 1.807) is 24.8 Å². The van der Waals surface area contributed by atoms with Crippen LogP contribution in [0.4, 0.5) is 10.9 Å². The van der Waals surface area contributed by atoms with Crippen LogP contribution in [-0.4, -0.2) is 33.9 Å². The average molecular weight is 303 g/mol. The van der Waals surface area contributed by atoms with E-state index in [0.717, 1.165) is 30.1 Å². The summed E-state index contributed by atoms with van der Waals surface area (Å²) in [5.74, 6) is 0.836. The molecule has 2 aromatic rings. The molecule has 1 fully saturated rings. The third kappa shape index (κ3) is 3.36. The van der Waals surface area contributed by atoms with Crippen molar-refractivity contribution in [2.75, 3.05) is 23.3 Å². The maximum absolute atomic E-state index is 12.3. The smallest absolute Gasteiger partial charge is 0.231 e. The topological polar surface area (TPSA) is 71.0 Å². The van der Waals surface area contributed by atoms with E-state index in [-0.39, 0.29) is 11.8 Å². The zero-order valence-electron chi connectivity index (χ0n) is 11.8. The van der Waals surface area contributed by atoms with Crippen molar-refractivity contribution in [1.29, 1.82) is 0 Å². The minimum atomic E-state index is -0.0371. The van der Waals surface area contributed by atoms with Gasteiger partial charge in [0, 0.05) is 36.6 Å². The van der Waals surface area contributed by atoms with Gasteiger partial charge in [-0.15, -0.1) is 11.3 Å². The zero-order valence-corrected chi connectivity index (χ0v) is 12.6. The number of nitrogens with zero attached hydrogens (tertiary/aromatic N) is 4. The second kappa shape index (κ2) is 6.17. The van der Waals surface area contributed by atoms with Gasteiger partial charge in [-0.3, -0.25) is 9.78 Å². The molecule has 7 heteroatoms. The maximum atomic E-state index is 12.3. The van der Waals surface area contributed by atoms with E-state index in [9.17, 15) is 4.79 Å². The summed E-state index contributed by atoms with van der Waals surface area (Å²) in [6.45, 7) is 3.57. The number of aryl methyl sites for hydroxylation is 1. The Morgan fingerprint density at radius 3 is 3.00 bits per heavy atom. The van der Waals surface area contributed by atoms with Crippen molar-refractivity contribution >= 4 is 28.2 Å². The molecular weight excluding hydrogens is 286 g/mol. The van der Waals surface area contributed by atoms with Gasteiger partial charge in [-0.05, 0) is 19.8 Å². The molecule has 0 bridgehead atoms. The summed E-state index contributed by atoms with van der Waals surface area (Å²) in [6, 6.07) is 0. The zero-order chi connectivity index (χ0) is 14.7. The molecule has 1 amide bonds. The van der Waals surface area contributed by atoms with Gasteiger partial charge >= 0.3 is 0 Å². The Kier molecular flexibility index (Phi) is 4.10.